The van der Waals surface area contributed by atoms with Crippen molar-refractivity contribution in [3.8, 4) is 5.88 Å². The first-order valence-corrected chi connectivity index (χ1v) is 7.42. The van der Waals surface area contributed by atoms with Gasteiger partial charge in [0.1, 0.15) is 5.37 Å². The van der Waals surface area contributed by atoms with Gasteiger partial charge in [0.25, 0.3) is 5.91 Å². The van der Waals surface area contributed by atoms with E-state index in [1.165, 1.54) is 22.1 Å². The summed E-state index contributed by atoms with van der Waals surface area (Å²) in [4.78, 5) is 24.2. The molecule has 0 N–H and O–H groups in total. The van der Waals surface area contributed by atoms with E-state index < -0.39 is 5.97 Å². The van der Waals surface area contributed by atoms with E-state index in [-0.39, 0.29) is 46.5 Å². The first-order chi connectivity index (χ1) is 10.1. The van der Waals surface area contributed by atoms with Gasteiger partial charge in [0, 0.05) is 19.0 Å². The minimum atomic E-state index is -1.33. The topological polar surface area (TPSA) is 87.5 Å². The Balaban J connectivity index is 0.00000144. The number of aromatic nitrogens is 2. The van der Waals surface area contributed by atoms with Gasteiger partial charge in [-0.2, -0.15) is 5.10 Å². The van der Waals surface area contributed by atoms with E-state index in [4.69, 9.17) is 4.74 Å². The Morgan fingerprint density at radius 2 is 2.36 bits per heavy atom. The van der Waals surface area contributed by atoms with Crippen LogP contribution in [0.2, 0.25) is 0 Å². The smallest absolute Gasteiger partial charge is 0.543 e. The van der Waals surface area contributed by atoms with E-state index >= 15 is 0 Å². The number of carbonyl (C=O) groups excluding carboxylic acids is 2. The normalized spacial score (nSPS) is 23.9. The van der Waals surface area contributed by atoms with Gasteiger partial charge in [0.05, 0.1) is 29.5 Å². The fourth-order valence-electron chi connectivity index (χ4n) is 2.58. The molecule has 0 spiro atoms. The molecular formula is C13H10N3NaO4S. The molecule has 4 rings (SSSR count). The van der Waals surface area contributed by atoms with Crippen molar-refractivity contribution in [2.75, 3.05) is 6.61 Å². The molecule has 0 bridgehead atoms. The quantitative estimate of drug-likeness (QED) is 0.319. The van der Waals surface area contributed by atoms with Crippen LogP contribution in [0.3, 0.4) is 0 Å². The molecule has 1 saturated heterocycles. The first kappa shape index (κ1) is 15.7. The SMILES string of the molecule is O=C([O-])C1=CS[C@@H]2/C(=C\c3cc4n(n3)CCCO4)C(=O)N12.[Na+]. The van der Waals surface area contributed by atoms with Crippen molar-refractivity contribution in [2.24, 2.45) is 0 Å². The molecular weight excluding hydrogens is 317 g/mol. The van der Waals surface area contributed by atoms with Crippen LogP contribution in [0.5, 0.6) is 5.88 Å². The molecule has 0 radical (unpaired) electrons. The Hall–Kier alpha value is -1.22. The molecule has 108 valence electrons. The summed E-state index contributed by atoms with van der Waals surface area (Å²) < 4.78 is 7.24. The van der Waals surface area contributed by atoms with E-state index in [1.54, 1.807) is 16.8 Å². The van der Waals surface area contributed by atoms with Gasteiger partial charge >= 0.3 is 29.6 Å². The predicted molar refractivity (Wildman–Crippen MR) is 71.6 cm³/mol. The molecule has 9 heteroatoms. The van der Waals surface area contributed by atoms with Crippen LogP contribution in [0.1, 0.15) is 12.1 Å². The second-order valence-electron chi connectivity index (χ2n) is 4.89. The molecule has 0 unspecified atom stereocenters. The maximum Gasteiger partial charge on any atom is 1.00 e. The first-order valence-electron chi connectivity index (χ1n) is 6.48. The van der Waals surface area contributed by atoms with E-state index in [1.807, 2.05) is 0 Å². The third kappa shape index (κ3) is 2.30. The van der Waals surface area contributed by atoms with Crippen LogP contribution < -0.4 is 39.4 Å². The van der Waals surface area contributed by atoms with Crippen LogP contribution in [0, 0.1) is 0 Å². The molecule has 0 aliphatic carbocycles. The molecule has 7 nitrogen and oxygen atoms in total. The van der Waals surface area contributed by atoms with Crippen LogP contribution in [0.4, 0.5) is 0 Å². The number of β-lactam (4-membered cyclic amide) rings is 1. The number of amides is 1. The summed E-state index contributed by atoms with van der Waals surface area (Å²) in [5.41, 5.74) is 1.12. The summed E-state index contributed by atoms with van der Waals surface area (Å²) in [6.45, 7) is 1.47. The third-order valence-electron chi connectivity index (χ3n) is 3.57. The Bertz CT molecular complexity index is 703. The van der Waals surface area contributed by atoms with Gasteiger partial charge < -0.3 is 14.6 Å². The largest absolute Gasteiger partial charge is 1.00 e. The third-order valence-corrected chi connectivity index (χ3v) is 4.65. The molecule has 1 fully saturated rings. The summed E-state index contributed by atoms with van der Waals surface area (Å²) in [6, 6.07) is 1.79. The number of carboxylic acids is 1. The van der Waals surface area contributed by atoms with Gasteiger partial charge in [-0.1, -0.05) is 0 Å². The summed E-state index contributed by atoms with van der Waals surface area (Å²) in [5.74, 6) is -0.944. The summed E-state index contributed by atoms with van der Waals surface area (Å²) in [6.07, 6.45) is 2.60. The van der Waals surface area contributed by atoms with Gasteiger partial charge in [-0.15, -0.1) is 11.8 Å². The molecule has 1 atom stereocenters. The van der Waals surface area contributed by atoms with Crippen LogP contribution in [-0.2, 0) is 16.1 Å². The Morgan fingerprint density at radius 1 is 1.55 bits per heavy atom. The molecule has 1 amide bonds. The number of carboxylic acid groups (broad SMARTS) is 1. The van der Waals surface area contributed by atoms with Gasteiger partial charge in [0.2, 0.25) is 5.88 Å². The van der Waals surface area contributed by atoms with E-state index in [0.29, 0.717) is 23.8 Å². The second kappa shape index (κ2) is 5.77. The Kier molecular flexibility index (Phi) is 4.11. The van der Waals surface area contributed by atoms with Crippen LogP contribution in [-0.4, -0.2) is 38.5 Å². The van der Waals surface area contributed by atoms with E-state index in [0.717, 1.165) is 13.0 Å². The van der Waals surface area contributed by atoms with Crippen molar-refractivity contribution in [3.05, 3.63) is 28.4 Å². The molecule has 0 saturated carbocycles. The van der Waals surface area contributed by atoms with Crippen molar-refractivity contribution in [3.63, 3.8) is 0 Å². The van der Waals surface area contributed by atoms with Gasteiger partial charge in [-0.05, 0) is 11.5 Å². The fourth-order valence-corrected chi connectivity index (χ4v) is 3.69. The summed E-state index contributed by atoms with van der Waals surface area (Å²) in [5, 5.41) is 16.4. The minimum Gasteiger partial charge on any atom is -0.543 e. The Morgan fingerprint density at radius 3 is 3.09 bits per heavy atom. The number of ether oxygens (including phenoxy) is 1. The molecule has 22 heavy (non-hydrogen) atoms. The number of fused-ring (bicyclic) bond motifs is 2. The van der Waals surface area contributed by atoms with Crippen molar-refractivity contribution in [1.29, 1.82) is 0 Å². The minimum absolute atomic E-state index is 0. The number of carbonyl (C=O) groups is 2. The van der Waals surface area contributed by atoms with E-state index in [2.05, 4.69) is 5.10 Å². The number of rotatable bonds is 2. The number of hydrogen-bond donors (Lipinski definition) is 0. The Labute approximate surface area is 152 Å². The molecule has 0 aromatic carbocycles. The maximum absolute atomic E-state index is 12.1. The van der Waals surface area contributed by atoms with Crippen molar-refractivity contribution in [1.82, 2.24) is 14.7 Å². The zero-order valence-corrected chi connectivity index (χ0v) is 14.6. The number of thioether (sulfide) groups is 1. The number of hydrogen-bond acceptors (Lipinski definition) is 6. The second-order valence-corrected chi connectivity index (χ2v) is 5.84. The van der Waals surface area contributed by atoms with Gasteiger partial charge in [-0.3, -0.25) is 9.69 Å². The fraction of sp³-hybridized carbons (Fsp3) is 0.308. The van der Waals surface area contributed by atoms with Gasteiger partial charge in [-0.25, -0.2) is 4.68 Å². The maximum atomic E-state index is 12.1. The molecule has 4 heterocycles. The zero-order valence-electron chi connectivity index (χ0n) is 11.8. The molecule has 1 aromatic rings. The standard InChI is InChI=1S/C13H11N3O4S.Na/c17-11-8(12-16(11)9(6-21-12)13(18)19)4-7-5-10-15(14-7)2-1-3-20-10;/h4-6,12H,1-3H2,(H,18,19);/q;+1/p-1/b8-4-;/t12-;/m1./s1. The average molecular weight is 327 g/mol. The zero-order chi connectivity index (χ0) is 14.6. The molecule has 3 aliphatic rings. The summed E-state index contributed by atoms with van der Waals surface area (Å²) >= 11 is 1.28. The number of nitrogens with zero attached hydrogens (tertiary/aromatic N) is 3. The molecule has 1 aromatic heterocycles. The number of aryl methyl sites for hydroxylation is 1. The average Bonchev–Trinajstić information content (AvgIpc) is 3.05. The van der Waals surface area contributed by atoms with Crippen molar-refractivity contribution < 1.29 is 49.0 Å². The predicted octanol–water partition coefficient (Wildman–Crippen LogP) is -3.44. The summed E-state index contributed by atoms with van der Waals surface area (Å²) in [7, 11) is 0. The van der Waals surface area contributed by atoms with Crippen LogP contribution >= 0.6 is 11.8 Å². The van der Waals surface area contributed by atoms with Gasteiger partial charge in [0.15, 0.2) is 0 Å². The monoisotopic (exact) mass is 327 g/mol. The van der Waals surface area contributed by atoms with Crippen LogP contribution in [0.25, 0.3) is 6.08 Å². The van der Waals surface area contributed by atoms with Crippen LogP contribution in [0.15, 0.2) is 22.7 Å². The van der Waals surface area contributed by atoms with E-state index in [9.17, 15) is 14.7 Å². The molecule has 3 aliphatic heterocycles. The van der Waals surface area contributed by atoms with Crippen molar-refractivity contribution in [2.45, 2.75) is 18.3 Å². The van der Waals surface area contributed by atoms with Crippen molar-refractivity contribution >= 4 is 29.7 Å². The number of aliphatic carboxylic acids is 1.